The van der Waals surface area contributed by atoms with Gasteiger partial charge in [-0.05, 0) is 61.5 Å². The summed E-state index contributed by atoms with van der Waals surface area (Å²) in [5.74, 6) is -0.0907. The number of likely N-dealkylation sites (N-methyl/N-ethyl adjacent to an activating group) is 1. The number of carboxylic acids is 1. The number of rotatable bonds is 7. The zero-order chi connectivity index (χ0) is 21.7. The van der Waals surface area contributed by atoms with Crippen molar-refractivity contribution in [1.82, 2.24) is 4.90 Å². The van der Waals surface area contributed by atoms with Crippen molar-refractivity contribution >= 4 is 40.6 Å². The standard InChI is InChI=1S/C22H22N2O5S/c1-4-28-17-11-8-15(18(13-17)29-5-2)12-19-20(25)24(3)22(30-19)23-16-9-6-14(7-10-16)21(26)27/h6-13H,4-5H2,1-3H3,(H,26,27)/p-1/b19-12-,23-22?. The van der Waals surface area contributed by atoms with Gasteiger partial charge in [0, 0.05) is 18.7 Å². The summed E-state index contributed by atoms with van der Waals surface area (Å²) in [5, 5.41) is 11.4. The van der Waals surface area contributed by atoms with Crippen LogP contribution in [-0.4, -0.2) is 42.2 Å². The van der Waals surface area contributed by atoms with E-state index in [-0.39, 0.29) is 11.5 Å². The highest BCUT2D eigenvalue weighted by molar-refractivity contribution is 8.18. The van der Waals surface area contributed by atoms with Crippen molar-refractivity contribution in [2.24, 2.45) is 4.99 Å². The fourth-order valence-corrected chi connectivity index (χ4v) is 3.72. The molecule has 156 valence electrons. The number of carboxylic acid groups (broad SMARTS) is 1. The number of benzene rings is 2. The number of amides is 1. The summed E-state index contributed by atoms with van der Waals surface area (Å²) in [6.07, 6.45) is 1.77. The molecule has 0 saturated carbocycles. The van der Waals surface area contributed by atoms with Crippen LogP contribution in [0.15, 0.2) is 52.4 Å². The van der Waals surface area contributed by atoms with Crippen LogP contribution in [0.25, 0.3) is 6.08 Å². The van der Waals surface area contributed by atoms with Crippen LogP contribution in [-0.2, 0) is 4.79 Å². The molecule has 1 aliphatic heterocycles. The Balaban J connectivity index is 1.88. The molecule has 7 nitrogen and oxygen atoms in total. The van der Waals surface area contributed by atoms with Gasteiger partial charge in [0.2, 0.25) is 0 Å². The second kappa shape index (κ2) is 9.49. The monoisotopic (exact) mass is 425 g/mol. The minimum atomic E-state index is -1.25. The van der Waals surface area contributed by atoms with Gasteiger partial charge in [0.1, 0.15) is 11.5 Å². The van der Waals surface area contributed by atoms with Gasteiger partial charge in [-0.15, -0.1) is 0 Å². The fourth-order valence-electron chi connectivity index (χ4n) is 2.75. The van der Waals surface area contributed by atoms with Gasteiger partial charge in [-0.2, -0.15) is 0 Å². The Morgan fingerprint density at radius 3 is 2.47 bits per heavy atom. The minimum Gasteiger partial charge on any atom is -0.545 e. The van der Waals surface area contributed by atoms with E-state index in [0.717, 1.165) is 5.56 Å². The van der Waals surface area contributed by atoms with Crippen LogP contribution in [0.4, 0.5) is 5.69 Å². The average Bonchev–Trinajstić information content (AvgIpc) is 2.98. The van der Waals surface area contributed by atoms with E-state index in [0.29, 0.717) is 40.5 Å². The van der Waals surface area contributed by atoms with Gasteiger partial charge in [0.05, 0.1) is 29.8 Å². The number of ether oxygens (including phenoxy) is 2. The first-order valence-corrected chi connectivity index (χ1v) is 10.2. The molecule has 0 spiro atoms. The Hall–Kier alpha value is -3.26. The first kappa shape index (κ1) is 21.4. The van der Waals surface area contributed by atoms with Crippen molar-refractivity contribution in [3.05, 3.63) is 58.5 Å². The van der Waals surface area contributed by atoms with Gasteiger partial charge < -0.3 is 19.4 Å². The number of aliphatic imine (C=N–C) groups is 1. The molecular weight excluding hydrogens is 404 g/mol. The topological polar surface area (TPSA) is 91.3 Å². The molecule has 0 unspecified atom stereocenters. The molecule has 0 aliphatic carbocycles. The van der Waals surface area contributed by atoms with Gasteiger partial charge >= 0.3 is 0 Å². The highest BCUT2D eigenvalue weighted by atomic mass is 32.2. The Morgan fingerprint density at radius 1 is 1.13 bits per heavy atom. The summed E-state index contributed by atoms with van der Waals surface area (Å²) in [6.45, 7) is 4.84. The molecule has 0 bridgehead atoms. The second-order valence-electron chi connectivity index (χ2n) is 6.27. The first-order chi connectivity index (χ1) is 14.4. The van der Waals surface area contributed by atoms with Gasteiger partial charge in [-0.25, -0.2) is 4.99 Å². The molecule has 2 aromatic carbocycles. The number of hydrogen-bond acceptors (Lipinski definition) is 7. The zero-order valence-electron chi connectivity index (χ0n) is 16.9. The lowest BCUT2D eigenvalue weighted by Crippen LogP contribution is -2.23. The van der Waals surface area contributed by atoms with Gasteiger partial charge in [0.15, 0.2) is 5.17 Å². The van der Waals surface area contributed by atoms with Crippen molar-refractivity contribution in [1.29, 1.82) is 0 Å². The third kappa shape index (κ3) is 4.83. The molecule has 1 heterocycles. The Bertz CT molecular complexity index is 1010. The highest BCUT2D eigenvalue weighted by Gasteiger charge is 2.30. The summed E-state index contributed by atoms with van der Waals surface area (Å²) in [7, 11) is 1.65. The molecule has 2 aromatic rings. The Kier molecular flexibility index (Phi) is 6.79. The minimum absolute atomic E-state index is 0.0713. The fraction of sp³-hybridized carbons (Fsp3) is 0.227. The molecular formula is C22H21N2O5S-. The molecule has 3 rings (SSSR count). The third-order valence-corrected chi connectivity index (χ3v) is 5.27. The molecule has 0 aromatic heterocycles. The summed E-state index contributed by atoms with van der Waals surface area (Å²) < 4.78 is 11.2. The van der Waals surface area contributed by atoms with Gasteiger partial charge in [-0.1, -0.05) is 12.1 Å². The normalized spacial score (nSPS) is 16.4. The molecule has 0 N–H and O–H groups in total. The van der Waals surface area contributed by atoms with Crippen molar-refractivity contribution in [2.75, 3.05) is 20.3 Å². The van der Waals surface area contributed by atoms with Crippen LogP contribution in [0.5, 0.6) is 11.5 Å². The number of nitrogens with zero attached hydrogens (tertiary/aromatic N) is 2. The lowest BCUT2D eigenvalue weighted by atomic mass is 10.1. The summed E-state index contributed by atoms with van der Waals surface area (Å²) in [5.41, 5.74) is 1.38. The van der Waals surface area contributed by atoms with Crippen LogP contribution in [0, 0.1) is 0 Å². The SMILES string of the molecule is CCOc1ccc(/C=C2\SC(=Nc3ccc(C(=O)[O-])cc3)N(C)C2=O)c(OCC)c1. The molecule has 1 amide bonds. The lowest BCUT2D eigenvalue weighted by Gasteiger charge is -2.10. The highest BCUT2D eigenvalue weighted by Crippen LogP contribution is 2.35. The lowest BCUT2D eigenvalue weighted by molar-refractivity contribution is -0.255. The largest absolute Gasteiger partial charge is 0.545 e. The quantitative estimate of drug-likeness (QED) is 0.633. The maximum Gasteiger partial charge on any atom is 0.266 e. The number of carbonyl (C=O) groups is 2. The third-order valence-electron chi connectivity index (χ3n) is 4.21. The van der Waals surface area contributed by atoms with Crippen molar-refractivity contribution in [3.63, 3.8) is 0 Å². The Morgan fingerprint density at radius 2 is 1.83 bits per heavy atom. The average molecular weight is 425 g/mol. The molecule has 0 radical (unpaired) electrons. The van der Waals surface area contributed by atoms with E-state index in [4.69, 9.17) is 9.47 Å². The van der Waals surface area contributed by atoms with E-state index < -0.39 is 5.97 Å². The summed E-state index contributed by atoms with van der Waals surface area (Å²) in [6, 6.07) is 11.5. The van der Waals surface area contributed by atoms with E-state index >= 15 is 0 Å². The van der Waals surface area contributed by atoms with Crippen LogP contribution in [0.1, 0.15) is 29.8 Å². The van der Waals surface area contributed by atoms with Crippen LogP contribution in [0.3, 0.4) is 0 Å². The van der Waals surface area contributed by atoms with E-state index in [2.05, 4.69) is 4.99 Å². The van der Waals surface area contributed by atoms with E-state index in [1.807, 2.05) is 26.0 Å². The van der Waals surface area contributed by atoms with E-state index in [1.54, 1.807) is 31.3 Å². The van der Waals surface area contributed by atoms with E-state index in [1.165, 1.54) is 28.8 Å². The maximum absolute atomic E-state index is 12.7. The number of aromatic carboxylic acids is 1. The molecule has 8 heteroatoms. The number of amidine groups is 1. The predicted molar refractivity (Wildman–Crippen MR) is 115 cm³/mol. The molecule has 30 heavy (non-hydrogen) atoms. The number of hydrogen-bond donors (Lipinski definition) is 0. The van der Waals surface area contributed by atoms with Crippen LogP contribution in [0.2, 0.25) is 0 Å². The smallest absolute Gasteiger partial charge is 0.266 e. The second-order valence-corrected chi connectivity index (χ2v) is 7.28. The van der Waals surface area contributed by atoms with E-state index in [9.17, 15) is 14.7 Å². The van der Waals surface area contributed by atoms with Gasteiger partial charge in [0.25, 0.3) is 5.91 Å². The molecule has 1 saturated heterocycles. The zero-order valence-corrected chi connectivity index (χ0v) is 17.7. The summed E-state index contributed by atoms with van der Waals surface area (Å²) >= 11 is 1.24. The van der Waals surface area contributed by atoms with Crippen molar-refractivity contribution in [2.45, 2.75) is 13.8 Å². The first-order valence-electron chi connectivity index (χ1n) is 9.40. The maximum atomic E-state index is 12.7. The number of thioether (sulfide) groups is 1. The van der Waals surface area contributed by atoms with Crippen molar-refractivity contribution in [3.8, 4) is 11.5 Å². The molecule has 1 fully saturated rings. The Labute approximate surface area is 179 Å². The summed E-state index contributed by atoms with van der Waals surface area (Å²) in [4.78, 5) is 30.0. The van der Waals surface area contributed by atoms with Crippen LogP contribution < -0.4 is 14.6 Å². The predicted octanol–water partition coefficient (Wildman–Crippen LogP) is 3.08. The molecule has 1 aliphatic rings. The van der Waals surface area contributed by atoms with Crippen LogP contribution >= 0.6 is 11.8 Å². The molecule has 0 atom stereocenters. The van der Waals surface area contributed by atoms with Crippen molar-refractivity contribution < 1.29 is 24.2 Å². The van der Waals surface area contributed by atoms with Gasteiger partial charge in [-0.3, -0.25) is 9.69 Å². The number of carbonyl (C=O) groups excluding carboxylic acids is 2.